The number of carbonyl (C=O) groups is 1. The minimum atomic E-state index is -0.478. The van der Waals surface area contributed by atoms with E-state index < -0.39 is 5.82 Å². The van der Waals surface area contributed by atoms with Gasteiger partial charge in [-0.15, -0.1) is 0 Å². The lowest BCUT2D eigenvalue weighted by atomic mass is 10.3. The van der Waals surface area contributed by atoms with E-state index in [9.17, 15) is 9.18 Å². The second kappa shape index (κ2) is 7.87. The van der Waals surface area contributed by atoms with Gasteiger partial charge in [0.25, 0.3) is 0 Å². The first-order valence-electron chi connectivity index (χ1n) is 6.53. The van der Waals surface area contributed by atoms with Crippen molar-refractivity contribution in [2.24, 2.45) is 0 Å². The Morgan fingerprint density at radius 1 is 1.55 bits per heavy atom. The summed E-state index contributed by atoms with van der Waals surface area (Å²) in [5.41, 5.74) is 0.601. The molecular formula is C14H13FN4OS2. The summed E-state index contributed by atoms with van der Waals surface area (Å²) in [7, 11) is 0. The largest absolute Gasteiger partial charge is 0.315 e. The van der Waals surface area contributed by atoms with Crippen molar-refractivity contribution in [1.82, 2.24) is 9.97 Å². The minimum Gasteiger partial charge on any atom is -0.315 e. The van der Waals surface area contributed by atoms with Crippen LogP contribution in [0.25, 0.3) is 10.6 Å². The number of halogens is 1. The second-order valence-corrected chi connectivity index (χ2v) is 6.59. The molecule has 5 nitrogen and oxygen atoms in total. The molecule has 114 valence electrons. The third-order valence-corrected chi connectivity index (χ3v) is 4.54. The second-order valence-electron chi connectivity index (χ2n) is 4.20. The van der Waals surface area contributed by atoms with Crippen LogP contribution in [-0.2, 0) is 4.79 Å². The van der Waals surface area contributed by atoms with Gasteiger partial charge in [0.05, 0.1) is 6.20 Å². The molecule has 0 fully saturated rings. The standard InChI is InChI=1S/C14H13FN4OS2/c1-2-21-4-3-12(20)19-14-11(6-16)18-13(22-14)9-5-10(15)8-17-7-9/h5,7-8H,2-4H2,1H3,(H,19,20). The molecule has 2 rings (SSSR count). The van der Waals surface area contributed by atoms with E-state index in [-0.39, 0.29) is 11.6 Å². The van der Waals surface area contributed by atoms with Crippen LogP contribution in [0, 0.1) is 17.1 Å². The van der Waals surface area contributed by atoms with Gasteiger partial charge in [0.1, 0.15) is 21.9 Å². The number of thioether (sulfide) groups is 1. The maximum atomic E-state index is 13.2. The number of pyridine rings is 1. The van der Waals surface area contributed by atoms with E-state index in [0.717, 1.165) is 29.0 Å². The van der Waals surface area contributed by atoms with Gasteiger partial charge in [0.2, 0.25) is 5.91 Å². The average Bonchev–Trinajstić information content (AvgIpc) is 2.90. The Morgan fingerprint density at radius 2 is 2.36 bits per heavy atom. The molecule has 0 bridgehead atoms. The zero-order valence-corrected chi connectivity index (χ0v) is 13.4. The summed E-state index contributed by atoms with van der Waals surface area (Å²) in [6, 6.07) is 3.23. The normalized spacial score (nSPS) is 10.2. The highest BCUT2D eigenvalue weighted by Crippen LogP contribution is 2.31. The van der Waals surface area contributed by atoms with Crippen LogP contribution in [0.1, 0.15) is 19.0 Å². The predicted molar refractivity (Wildman–Crippen MR) is 86.3 cm³/mol. The molecule has 2 aromatic heterocycles. The number of carbonyl (C=O) groups excluding carboxylic acids is 1. The first-order valence-corrected chi connectivity index (χ1v) is 8.50. The van der Waals surface area contributed by atoms with Gasteiger partial charge < -0.3 is 5.32 Å². The van der Waals surface area contributed by atoms with Gasteiger partial charge in [-0.2, -0.15) is 17.0 Å². The fourth-order valence-corrected chi connectivity index (χ4v) is 3.16. The van der Waals surface area contributed by atoms with Gasteiger partial charge in [-0.25, -0.2) is 9.37 Å². The number of rotatable bonds is 6. The van der Waals surface area contributed by atoms with Crippen LogP contribution in [0.15, 0.2) is 18.5 Å². The Hall–Kier alpha value is -1.98. The summed E-state index contributed by atoms with van der Waals surface area (Å²) in [6.07, 6.45) is 2.93. The van der Waals surface area contributed by atoms with Gasteiger partial charge in [0.15, 0.2) is 5.69 Å². The molecule has 0 unspecified atom stereocenters. The van der Waals surface area contributed by atoms with Gasteiger partial charge in [-0.05, 0) is 11.8 Å². The number of nitriles is 1. The maximum absolute atomic E-state index is 13.2. The molecule has 0 spiro atoms. The Balaban J connectivity index is 2.16. The van der Waals surface area contributed by atoms with Crippen LogP contribution in [0.2, 0.25) is 0 Å². The molecule has 2 heterocycles. The topological polar surface area (TPSA) is 78.7 Å². The van der Waals surface area contributed by atoms with Crippen LogP contribution in [0.4, 0.5) is 9.39 Å². The molecule has 0 saturated carbocycles. The van der Waals surface area contributed by atoms with E-state index in [1.54, 1.807) is 11.8 Å². The minimum absolute atomic E-state index is 0.126. The van der Waals surface area contributed by atoms with Crippen molar-refractivity contribution in [3.63, 3.8) is 0 Å². The van der Waals surface area contributed by atoms with Crippen molar-refractivity contribution in [3.05, 3.63) is 30.0 Å². The summed E-state index contributed by atoms with van der Waals surface area (Å²) >= 11 is 2.81. The smallest absolute Gasteiger partial charge is 0.225 e. The first-order chi connectivity index (χ1) is 10.6. The van der Waals surface area contributed by atoms with Gasteiger partial charge in [-0.3, -0.25) is 9.78 Å². The third-order valence-electron chi connectivity index (χ3n) is 2.62. The Morgan fingerprint density at radius 3 is 3.05 bits per heavy atom. The van der Waals surface area contributed by atoms with E-state index in [1.807, 2.05) is 13.0 Å². The Bertz CT molecular complexity index is 711. The molecule has 0 aromatic carbocycles. The number of thiazole rings is 1. The molecule has 0 radical (unpaired) electrons. The van der Waals surface area contributed by atoms with Crippen molar-refractivity contribution in [2.45, 2.75) is 13.3 Å². The Kier molecular flexibility index (Phi) is 5.86. The van der Waals surface area contributed by atoms with Gasteiger partial charge in [0, 0.05) is 23.9 Å². The number of nitrogens with one attached hydrogen (secondary N) is 1. The predicted octanol–water partition coefficient (Wildman–Crippen LogP) is 3.30. The summed E-state index contributed by atoms with van der Waals surface area (Å²) in [6.45, 7) is 2.03. The number of anilines is 1. The third kappa shape index (κ3) is 4.26. The van der Waals surface area contributed by atoms with E-state index in [2.05, 4.69) is 15.3 Å². The number of aromatic nitrogens is 2. The molecule has 0 aliphatic carbocycles. The van der Waals surface area contributed by atoms with E-state index in [0.29, 0.717) is 22.0 Å². The summed E-state index contributed by atoms with van der Waals surface area (Å²) in [5, 5.41) is 12.6. The molecule has 0 aliphatic heterocycles. The Labute approximate surface area is 135 Å². The lowest BCUT2D eigenvalue weighted by Crippen LogP contribution is -2.12. The van der Waals surface area contributed by atoms with Crippen LogP contribution in [0.5, 0.6) is 0 Å². The van der Waals surface area contributed by atoms with Crippen molar-refractivity contribution in [1.29, 1.82) is 5.26 Å². The highest BCUT2D eigenvalue weighted by Gasteiger charge is 2.15. The van der Waals surface area contributed by atoms with Crippen LogP contribution in [-0.4, -0.2) is 27.4 Å². The van der Waals surface area contributed by atoms with Crippen LogP contribution >= 0.6 is 23.1 Å². The van der Waals surface area contributed by atoms with Crippen molar-refractivity contribution >= 4 is 34.0 Å². The molecule has 0 saturated heterocycles. The molecule has 22 heavy (non-hydrogen) atoms. The zero-order valence-electron chi connectivity index (χ0n) is 11.8. The van der Waals surface area contributed by atoms with E-state index in [1.165, 1.54) is 12.3 Å². The van der Waals surface area contributed by atoms with E-state index >= 15 is 0 Å². The van der Waals surface area contributed by atoms with Crippen LogP contribution < -0.4 is 5.32 Å². The lowest BCUT2D eigenvalue weighted by Gasteiger charge is -2.01. The molecule has 0 atom stereocenters. The number of hydrogen-bond acceptors (Lipinski definition) is 6. The highest BCUT2D eigenvalue weighted by molar-refractivity contribution is 7.99. The van der Waals surface area contributed by atoms with Crippen LogP contribution in [0.3, 0.4) is 0 Å². The van der Waals surface area contributed by atoms with E-state index in [4.69, 9.17) is 5.26 Å². The number of hydrogen-bond donors (Lipinski definition) is 1. The zero-order chi connectivity index (χ0) is 15.9. The fourth-order valence-electron chi connectivity index (χ4n) is 1.63. The first kappa shape index (κ1) is 16.4. The van der Waals surface area contributed by atoms with Crippen molar-refractivity contribution < 1.29 is 9.18 Å². The van der Waals surface area contributed by atoms with Gasteiger partial charge >= 0.3 is 0 Å². The monoisotopic (exact) mass is 336 g/mol. The molecule has 1 N–H and O–H groups in total. The fraction of sp³-hybridized carbons (Fsp3) is 0.286. The summed E-state index contributed by atoms with van der Waals surface area (Å²) in [5.74, 6) is 1.04. The lowest BCUT2D eigenvalue weighted by molar-refractivity contribution is -0.115. The average molecular weight is 336 g/mol. The number of amides is 1. The molecule has 1 amide bonds. The quantitative estimate of drug-likeness (QED) is 0.819. The van der Waals surface area contributed by atoms with Crippen molar-refractivity contribution in [3.8, 4) is 16.6 Å². The summed E-state index contributed by atoms with van der Waals surface area (Å²) < 4.78 is 13.2. The molecular weight excluding hydrogens is 323 g/mol. The molecule has 8 heteroatoms. The molecule has 2 aromatic rings. The summed E-state index contributed by atoms with van der Waals surface area (Å²) in [4.78, 5) is 19.7. The highest BCUT2D eigenvalue weighted by atomic mass is 32.2. The molecule has 0 aliphatic rings. The van der Waals surface area contributed by atoms with Gasteiger partial charge in [-0.1, -0.05) is 18.3 Å². The van der Waals surface area contributed by atoms with Crippen molar-refractivity contribution in [2.75, 3.05) is 16.8 Å². The SMILES string of the molecule is CCSCCC(=O)Nc1sc(-c2cncc(F)c2)nc1C#N. The number of nitrogens with zero attached hydrogens (tertiary/aromatic N) is 3. The maximum Gasteiger partial charge on any atom is 0.225 e.